The van der Waals surface area contributed by atoms with Crippen molar-refractivity contribution in [3.63, 3.8) is 0 Å². The second kappa shape index (κ2) is 9.05. The third-order valence-corrected chi connectivity index (χ3v) is 5.44. The number of carbonyl (C=O) groups is 2. The Morgan fingerprint density at radius 3 is 2.85 bits per heavy atom. The van der Waals surface area contributed by atoms with E-state index in [-0.39, 0.29) is 30.2 Å². The molecule has 2 atom stereocenters. The number of aromatic nitrogens is 1. The molecule has 1 aliphatic rings. The number of ether oxygens (including phenoxy) is 1. The molecule has 8 heteroatoms. The zero-order valence-corrected chi connectivity index (χ0v) is 15.9. The number of carboxylic acid groups (broad SMARTS) is 1. The summed E-state index contributed by atoms with van der Waals surface area (Å²) in [6.07, 6.45) is 2.00. The highest BCUT2D eigenvalue weighted by Gasteiger charge is 2.36. The summed E-state index contributed by atoms with van der Waals surface area (Å²) in [6, 6.07) is 9.31. The number of hydrogen-bond acceptors (Lipinski definition) is 6. The van der Waals surface area contributed by atoms with Crippen molar-refractivity contribution in [1.82, 2.24) is 9.88 Å². The van der Waals surface area contributed by atoms with Crippen LogP contribution in [0.3, 0.4) is 0 Å². The molecule has 2 unspecified atom stereocenters. The molecule has 0 aliphatic carbocycles. The summed E-state index contributed by atoms with van der Waals surface area (Å²) < 4.78 is 10.8. The molecule has 27 heavy (non-hydrogen) atoms. The largest absolute Gasteiger partial charge is 0.481 e. The van der Waals surface area contributed by atoms with Gasteiger partial charge in [-0.1, -0.05) is 18.2 Å². The summed E-state index contributed by atoms with van der Waals surface area (Å²) >= 11 is 1.44. The number of thioether (sulfide) groups is 1. The van der Waals surface area contributed by atoms with Gasteiger partial charge >= 0.3 is 5.97 Å². The van der Waals surface area contributed by atoms with E-state index in [1.807, 2.05) is 30.3 Å². The predicted octanol–water partition coefficient (Wildman–Crippen LogP) is 2.67. The Bertz CT molecular complexity index is 779. The number of aliphatic carboxylic acids is 1. The summed E-state index contributed by atoms with van der Waals surface area (Å²) in [5, 5.41) is 9.05. The molecule has 7 nitrogen and oxygen atoms in total. The fraction of sp³-hybridized carbons (Fsp3) is 0.421. The lowest BCUT2D eigenvalue weighted by Gasteiger charge is -2.23. The van der Waals surface area contributed by atoms with Gasteiger partial charge in [0.15, 0.2) is 0 Å². The fourth-order valence-corrected chi connectivity index (χ4v) is 3.94. The van der Waals surface area contributed by atoms with Gasteiger partial charge in [0.2, 0.25) is 11.8 Å². The van der Waals surface area contributed by atoms with Crippen LogP contribution in [0.4, 0.5) is 0 Å². The standard InChI is InChI=1S/C19H22N2O5S/c1-25-16-7-15(8-18(23)24)21(9-16)17(22)12-27-11-14-10-26-19(20-14)13-5-3-2-4-6-13/h2-6,10,15-16H,7-9,11-12H2,1H3,(H,23,24). The van der Waals surface area contributed by atoms with E-state index in [1.165, 1.54) is 11.8 Å². The molecular weight excluding hydrogens is 368 g/mol. The Morgan fingerprint density at radius 1 is 1.37 bits per heavy atom. The van der Waals surface area contributed by atoms with Crippen LogP contribution >= 0.6 is 11.8 Å². The number of carboxylic acids is 1. The van der Waals surface area contributed by atoms with Crippen molar-refractivity contribution in [3.05, 3.63) is 42.3 Å². The minimum Gasteiger partial charge on any atom is -0.481 e. The zero-order chi connectivity index (χ0) is 19.2. The van der Waals surface area contributed by atoms with Gasteiger partial charge in [0.1, 0.15) is 6.26 Å². The van der Waals surface area contributed by atoms with Gasteiger partial charge in [-0.3, -0.25) is 9.59 Å². The van der Waals surface area contributed by atoms with Crippen LogP contribution in [0.5, 0.6) is 0 Å². The van der Waals surface area contributed by atoms with E-state index in [0.717, 1.165) is 11.3 Å². The van der Waals surface area contributed by atoms with E-state index in [9.17, 15) is 9.59 Å². The molecule has 0 spiro atoms. The molecule has 2 aromatic rings. The Balaban J connectivity index is 1.52. The summed E-state index contributed by atoms with van der Waals surface area (Å²) in [7, 11) is 1.58. The maximum absolute atomic E-state index is 12.5. The molecule has 1 fully saturated rings. The van der Waals surface area contributed by atoms with Gasteiger partial charge in [-0.2, -0.15) is 0 Å². The number of amides is 1. The maximum Gasteiger partial charge on any atom is 0.305 e. The summed E-state index contributed by atoms with van der Waals surface area (Å²) in [6.45, 7) is 0.440. The van der Waals surface area contributed by atoms with Crippen LogP contribution in [-0.4, -0.2) is 58.4 Å². The lowest BCUT2D eigenvalue weighted by Crippen LogP contribution is -2.38. The van der Waals surface area contributed by atoms with Crippen LogP contribution in [0.2, 0.25) is 0 Å². The maximum atomic E-state index is 12.5. The average Bonchev–Trinajstić information content (AvgIpc) is 3.29. The first-order valence-electron chi connectivity index (χ1n) is 8.68. The highest BCUT2D eigenvalue weighted by Crippen LogP contribution is 2.25. The molecule has 3 rings (SSSR count). The van der Waals surface area contributed by atoms with Crippen molar-refractivity contribution in [3.8, 4) is 11.5 Å². The van der Waals surface area contributed by atoms with Crippen LogP contribution in [-0.2, 0) is 20.1 Å². The van der Waals surface area contributed by atoms with E-state index >= 15 is 0 Å². The Kier molecular flexibility index (Phi) is 6.52. The van der Waals surface area contributed by atoms with Crippen molar-refractivity contribution >= 4 is 23.6 Å². The van der Waals surface area contributed by atoms with Gasteiger partial charge in [-0.25, -0.2) is 4.98 Å². The summed E-state index contributed by atoms with van der Waals surface area (Å²) in [5.41, 5.74) is 1.67. The molecule has 1 N–H and O–H groups in total. The number of carbonyl (C=O) groups excluding carboxylic acids is 1. The molecule has 0 saturated carbocycles. The molecule has 1 amide bonds. The minimum absolute atomic E-state index is 0.0556. The number of benzene rings is 1. The van der Waals surface area contributed by atoms with Crippen molar-refractivity contribution in [1.29, 1.82) is 0 Å². The van der Waals surface area contributed by atoms with E-state index in [4.69, 9.17) is 14.3 Å². The molecule has 1 aliphatic heterocycles. The molecule has 0 bridgehead atoms. The second-order valence-electron chi connectivity index (χ2n) is 6.39. The van der Waals surface area contributed by atoms with Crippen LogP contribution in [0.15, 0.2) is 41.0 Å². The van der Waals surface area contributed by atoms with Crippen LogP contribution < -0.4 is 0 Å². The first-order valence-corrected chi connectivity index (χ1v) is 9.84. The number of methoxy groups -OCH3 is 1. The van der Waals surface area contributed by atoms with Crippen molar-refractivity contribution < 1.29 is 23.8 Å². The van der Waals surface area contributed by atoms with E-state index in [1.54, 1.807) is 18.3 Å². The van der Waals surface area contributed by atoms with Gasteiger partial charge in [0.25, 0.3) is 0 Å². The Hall–Kier alpha value is -2.32. The first kappa shape index (κ1) is 19.4. The monoisotopic (exact) mass is 390 g/mol. The summed E-state index contributed by atoms with van der Waals surface area (Å²) in [4.78, 5) is 29.6. The topological polar surface area (TPSA) is 92.9 Å². The number of nitrogens with zero attached hydrogens (tertiary/aromatic N) is 2. The van der Waals surface area contributed by atoms with Gasteiger partial charge < -0.3 is 19.2 Å². The molecule has 2 heterocycles. The zero-order valence-electron chi connectivity index (χ0n) is 15.0. The Morgan fingerprint density at radius 2 is 2.15 bits per heavy atom. The number of hydrogen-bond donors (Lipinski definition) is 1. The third-order valence-electron chi connectivity index (χ3n) is 4.49. The first-order chi connectivity index (χ1) is 13.1. The lowest BCUT2D eigenvalue weighted by atomic mass is 10.1. The normalized spacial score (nSPS) is 19.4. The van der Waals surface area contributed by atoms with Gasteiger partial charge in [-0.05, 0) is 18.6 Å². The molecular formula is C19H22N2O5S. The van der Waals surface area contributed by atoms with Gasteiger partial charge in [0.05, 0.1) is 24.0 Å². The summed E-state index contributed by atoms with van der Waals surface area (Å²) in [5.74, 6) is 0.394. The van der Waals surface area contributed by atoms with Gasteiger partial charge in [-0.15, -0.1) is 11.8 Å². The quantitative estimate of drug-likeness (QED) is 0.741. The van der Waals surface area contributed by atoms with Crippen molar-refractivity contribution in [2.75, 3.05) is 19.4 Å². The Labute approximate surface area is 161 Å². The van der Waals surface area contributed by atoms with Crippen LogP contribution in [0, 0.1) is 0 Å². The fourth-order valence-electron chi connectivity index (χ4n) is 3.16. The second-order valence-corrected chi connectivity index (χ2v) is 7.38. The highest BCUT2D eigenvalue weighted by molar-refractivity contribution is 7.99. The molecule has 1 aromatic carbocycles. The molecule has 1 aromatic heterocycles. The minimum atomic E-state index is -0.904. The van der Waals surface area contributed by atoms with Crippen LogP contribution in [0.25, 0.3) is 11.5 Å². The number of likely N-dealkylation sites (tertiary alicyclic amines) is 1. The van der Waals surface area contributed by atoms with Crippen molar-refractivity contribution in [2.45, 2.75) is 30.7 Å². The third kappa shape index (κ3) is 5.11. The SMILES string of the molecule is COC1CC(CC(=O)O)N(C(=O)CSCc2coc(-c3ccccc3)n2)C1. The van der Waals surface area contributed by atoms with Gasteiger partial charge in [0, 0.05) is 31.0 Å². The smallest absolute Gasteiger partial charge is 0.305 e. The number of rotatable bonds is 8. The molecule has 144 valence electrons. The van der Waals surface area contributed by atoms with E-state index < -0.39 is 5.97 Å². The highest BCUT2D eigenvalue weighted by atomic mass is 32.2. The molecule has 1 saturated heterocycles. The van der Waals surface area contributed by atoms with Crippen molar-refractivity contribution in [2.24, 2.45) is 0 Å². The van der Waals surface area contributed by atoms with Crippen LogP contribution in [0.1, 0.15) is 18.5 Å². The lowest BCUT2D eigenvalue weighted by molar-refractivity contribution is -0.139. The predicted molar refractivity (Wildman–Crippen MR) is 101 cm³/mol. The number of oxazole rings is 1. The average molecular weight is 390 g/mol. The van der Waals surface area contributed by atoms with E-state index in [0.29, 0.717) is 24.6 Å². The van der Waals surface area contributed by atoms with E-state index in [2.05, 4.69) is 4.98 Å². The molecule has 0 radical (unpaired) electrons.